The van der Waals surface area contributed by atoms with E-state index in [0.29, 0.717) is 25.2 Å². The van der Waals surface area contributed by atoms with Crippen LogP contribution in [0, 0.1) is 17.8 Å². The minimum Gasteiger partial charge on any atom is -0.394 e. The first-order valence-electron chi connectivity index (χ1n) is 7.45. The normalized spacial score (nSPS) is 28.8. The van der Waals surface area contributed by atoms with Gasteiger partial charge in [-0.1, -0.05) is 27.2 Å². The van der Waals surface area contributed by atoms with Gasteiger partial charge in [0.25, 0.3) is 0 Å². The van der Waals surface area contributed by atoms with Gasteiger partial charge >= 0.3 is 0 Å². The van der Waals surface area contributed by atoms with Crippen LogP contribution in [0.2, 0.25) is 0 Å². The molecule has 0 aromatic rings. The summed E-state index contributed by atoms with van der Waals surface area (Å²) in [6, 6.07) is 0. The van der Waals surface area contributed by atoms with Gasteiger partial charge in [-0.15, -0.1) is 0 Å². The molecule has 0 aliphatic heterocycles. The summed E-state index contributed by atoms with van der Waals surface area (Å²) in [7, 11) is 0. The van der Waals surface area contributed by atoms with E-state index in [1.165, 1.54) is 19.3 Å². The van der Waals surface area contributed by atoms with Crippen molar-refractivity contribution in [3.63, 3.8) is 0 Å². The van der Waals surface area contributed by atoms with Crippen molar-refractivity contribution in [3.8, 4) is 0 Å². The van der Waals surface area contributed by atoms with Crippen molar-refractivity contribution in [3.05, 3.63) is 0 Å². The van der Waals surface area contributed by atoms with Gasteiger partial charge in [-0.2, -0.15) is 0 Å². The lowest BCUT2D eigenvalue weighted by Crippen LogP contribution is -2.34. The summed E-state index contributed by atoms with van der Waals surface area (Å²) in [5, 5.41) is 8.60. The summed E-state index contributed by atoms with van der Waals surface area (Å²) in [6.45, 7) is 8.97. The van der Waals surface area contributed by atoms with Crippen LogP contribution in [-0.2, 0) is 9.47 Å². The van der Waals surface area contributed by atoms with E-state index in [-0.39, 0.29) is 6.61 Å². The molecule has 3 heteroatoms. The van der Waals surface area contributed by atoms with Crippen LogP contribution >= 0.6 is 0 Å². The number of hydrogen-bond acceptors (Lipinski definition) is 3. The second-order valence-corrected chi connectivity index (χ2v) is 5.92. The molecule has 3 atom stereocenters. The molecule has 3 nitrogen and oxygen atoms in total. The first kappa shape index (κ1) is 15.9. The maximum atomic E-state index is 8.60. The van der Waals surface area contributed by atoms with Crippen molar-refractivity contribution < 1.29 is 14.6 Å². The molecule has 1 N–H and O–H groups in total. The predicted molar refractivity (Wildman–Crippen MR) is 73.6 cm³/mol. The van der Waals surface area contributed by atoms with Crippen LogP contribution in [0.1, 0.15) is 46.5 Å². The predicted octanol–water partition coefficient (Wildman–Crippen LogP) is 2.86. The second-order valence-electron chi connectivity index (χ2n) is 5.92. The molecule has 1 fully saturated rings. The van der Waals surface area contributed by atoms with Gasteiger partial charge in [0, 0.05) is 13.2 Å². The van der Waals surface area contributed by atoms with Crippen LogP contribution in [0.4, 0.5) is 0 Å². The highest BCUT2D eigenvalue weighted by Gasteiger charge is 2.31. The fraction of sp³-hybridized carbons (Fsp3) is 1.00. The third-order valence-corrected chi connectivity index (χ3v) is 3.96. The molecule has 108 valence electrons. The van der Waals surface area contributed by atoms with Gasteiger partial charge in [0.15, 0.2) is 0 Å². The van der Waals surface area contributed by atoms with Gasteiger partial charge in [-0.05, 0) is 37.0 Å². The number of aliphatic hydroxyl groups is 1. The summed E-state index contributed by atoms with van der Waals surface area (Å²) in [6.07, 6.45) is 5.23. The highest BCUT2D eigenvalue weighted by Crippen LogP contribution is 2.35. The van der Waals surface area contributed by atoms with E-state index in [1.54, 1.807) is 0 Å². The molecule has 0 saturated heterocycles. The van der Waals surface area contributed by atoms with E-state index >= 15 is 0 Å². The highest BCUT2D eigenvalue weighted by molar-refractivity contribution is 4.81. The third kappa shape index (κ3) is 5.68. The zero-order valence-electron chi connectivity index (χ0n) is 12.2. The largest absolute Gasteiger partial charge is 0.394 e. The Bertz CT molecular complexity index is 206. The van der Waals surface area contributed by atoms with Crippen molar-refractivity contribution in [2.75, 3.05) is 26.4 Å². The van der Waals surface area contributed by atoms with Crippen molar-refractivity contribution in [2.45, 2.75) is 52.6 Å². The minimum absolute atomic E-state index is 0.108. The van der Waals surface area contributed by atoms with E-state index in [0.717, 1.165) is 24.9 Å². The lowest BCUT2D eigenvalue weighted by Gasteiger charge is -2.37. The highest BCUT2D eigenvalue weighted by atomic mass is 16.5. The Morgan fingerprint density at radius 3 is 2.61 bits per heavy atom. The molecule has 0 bridgehead atoms. The Balaban J connectivity index is 2.20. The van der Waals surface area contributed by atoms with Crippen LogP contribution in [0.15, 0.2) is 0 Å². The topological polar surface area (TPSA) is 38.7 Å². The minimum atomic E-state index is 0.108. The molecule has 0 amide bonds. The van der Waals surface area contributed by atoms with Crippen molar-refractivity contribution in [2.24, 2.45) is 17.8 Å². The molecule has 1 aliphatic carbocycles. The van der Waals surface area contributed by atoms with E-state index in [4.69, 9.17) is 14.6 Å². The Morgan fingerprint density at radius 1 is 1.17 bits per heavy atom. The zero-order valence-corrected chi connectivity index (χ0v) is 12.2. The molecular formula is C15H30O3. The summed E-state index contributed by atoms with van der Waals surface area (Å²) >= 11 is 0. The summed E-state index contributed by atoms with van der Waals surface area (Å²) < 4.78 is 11.3. The van der Waals surface area contributed by atoms with Crippen LogP contribution < -0.4 is 0 Å². The van der Waals surface area contributed by atoms with Crippen LogP contribution in [0.5, 0.6) is 0 Å². The Labute approximate surface area is 112 Å². The first-order chi connectivity index (χ1) is 8.65. The van der Waals surface area contributed by atoms with E-state index < -0.39 is 0 Å². The molecule has 0 heterocycles. The molecule has 1 rings (SSSR count). The number of rotatable bonds is 8. The summed E-state index contributed by atoms with van der Waals surface area (Å²) in [4.78, 5) is 0. The Hall–Kier alpha value is -0.120. The zero-order chi connectivity index (χ0) is 13.4. The van der Waals surface area contributed by atoms with E-state index in [9.17, 15) is 0 Å². The molecule has 0 aromatic carbocycles. The number of aliphatic hydroxyl groups excluding tert-OH is 1. The Kier molecular flexibility index (Phi) is 7.87. The first-order valence-corrected chi connectivity index (χ1v) is 7.45. The Morgan fingerprint density at radius 2 is 1.94 bits per heavy atom. The van der Waals surface area contributed by atoms with Crippen LogP contribution in [0.3, 0.4) is 0 Å². The van der Waals surface area contributed by atoms with Gasteiger partial charge in [0.2, 0.25) is 0 Å². The molecule has 0 aromatic heterocycles. The standard InChI is InChI=1S/C15H30O3/c1-12(2)14-6-5-13(3)11-15(14)18-9-4-8-17-10-7-16/h12-16H,4-11H2,1-3H3/t13-,14+,15-/m1/s1. The lowest BCUT2D eigenvalue weighted by molar-refractivity contribution is -0.0451. The second kappa shape index (κ2) is 8.89. The van der Waals surface area contributed by atoms with E-state index in [1.807, 2.05) is 0 Å². The number of hydrogen-bond donors (Lipinski definition) is 1. The van der Waals surface area contributed by atoms with Crippen molar-refractivity contribution in [1.82, 2.24) is 0 Å². The third-order valence-electron chi connectivity index (χ3n) is 3.96. The van der Waals surface area contributed by atoms with Crippen LogP contribution in [0.25, 0.3) is 0 Å². The molecule has 0 spiro atoms. The van der Waals surface area contributed by atoms with E-state index in [2.05, 4.69) is 20.8 Å². The smallest absolute Gasteiger partial charge is 0.0697 e. The van der Waals surface area contributed by atoms with Gasteiger partial charge in [-0.25, -0.2) is 0 Å². The average Bonchev–Trinajstić information content (AvgIpc) is 2.33. The maximum absolute atomic E-state index is 8.60. The number of ether oxygens (including phenoxy) is 2. The van der Waals surface area contributed by atoms with Gasteiger partial charge in [0.05, 0.1) is 19.3 Å². The fourth-order valence-electron chi connectivity index (χ4n) is 2.87. The molecule has 0 unspecified atom stereocenters. The molecular weight excluding hydrogens is 228 g/mol. The fourth-order valence-corrected chi connectivity index (χ4v) is 2.87. The molecule has 18 heavy (non-hydrogen) atoms. The monoisotopic (exact) mass is 258 g/mol. The average molecular weight is 258 g/mol. The van der Waals surface area contributed by atoms with Crippen molar-refractivity contribution >= 4 is 0 Å². The van der Waals surface area contributed by atoms with Gasteiger partial charge in [-0.3, -0.25) is 0 Å². The van der Waals surface area contributed by atoms with Gasteiger partial charge in [0.1, 0.15) is 0 Å². The molecule has 1 aliphatic rings. The van der Waals surface area contributed by atoms with Crippen molar-refractivity contribution in [1.29, 1.82) is 0 Å². The molecule has 0 radical (unpaired) electrons. The maximum Gasteiger partial charge on any atom is 0.0697 e. The van der Waals surface area contributed by atoms with Crippen LogP contribution in [-0.4, -0.2) is 37.6 Å². The lowest BCUT2D eigenvalue weighted by atomic mass is 9.75. The molecule has 1 saturated carbocycles. The quantitative estimate of drug-likeness (QED) is 0.680. The summed E-state index contributed by atoms with van der Waals surface area (Å²) in [5.41, 5.74) is 0. The SMILES string of the molecule is CC(C)[C@@H]1CC[C@@H](C)C[C@H]1OCCCOCCO. The summed E-state index contributed by atoms with van der Waals surface area (Å²) in [5.74, 6) is 2.24. The van der Waals surface area contributed by atoms with Gasteiger partial charge < -0.3 is 14.6 Å².